The van der Waals surface area contributed by atoms with Gasteiger partial charge in [0.15, 0.2) is 0 Å². The van der Waals surface area contributed by atoms with Gasteiger partial charge >= 0.3 is 5.97 Å². The summed E-state index contributed by atoms with van der Waals surface area (Å²) in [6.07, 6.45) is 0.642. The highest BCUT2D eigenvalue weighted by Gasteiger charge is 2.39. The number of aryl methyl sites for hydroxylation is 1. The topological polar surface area (TPSA) is 75.7 Å². The predicted molar refractivity (Wildman–Crippen MR) is 123 cm³/mol. The number of amides is 2. The maximum absolute atomic E-state index is 13.0. The van der Waals surface area contributed by atoms with E-state index in [1.165, 1.54) is 36.4 Å². The number of carbonyl (C=O) groups is 3. The largest absolute Gasteiger partial charge is 0.423 e. The fraction of sp³-hybridized carbons (Fsp3) is 0.0800. The minimum absolute atomic E-state index is 0.0470. The van der Waals surface area contributed by atoms with E-state index in [0.717, 1.165) is 10.5 Å². The van der Waals surface area contributed by atoms with Crippen LogP contribution in [0.5, 0.6) is 5.75 Å². The van der Waals surface area contributed by atoms with E-state index < -0.39 is 23.6 Å². The number of nitrogens with zero attached hydrogens (tertiary/aromatic N) is 1. The monoisotopic (exact) mass is 464 g/mol. The van der Waals surface area contributed by atoms with Crippen LogP contribution in [0.3, 0.4) is 0 Å². The first-order valence-electron chi connectivity index (χ1n) is 10.1. The maximum Gasteiger partial charge on any atom is 0.343 e. The Balaban J connectivity index is 1.49. The molecular weight excluding hydrogens is 447 g/mol. The van der Waals surface area contributed by atoms with Gasteiger partial charge in [-0.05, 0) is 66.6 Å². The van der Waals surface area contributed by atoms with Gasteiger partial charge in [-0.1, -0.05) is 36.7 Å². The Morgan fingerprint density at radius 1 is 0.970 bits per heavy atom. The number of hydrogen-bond donors (Lipinski definition) is 1. The van der Waals surface area contributed by atoms with Crippen LogP contribution in [0, 0.1) is 5.82 Å². The van der Waals surface area contributed by atoms with E-state index in [1.54, 1.807) is 24.3 Å². The van der Waals surface area contributed by atoms with E-state index in [0.29, 0.717) is 17.8 Å². The summed E-state index contributed by atoms with van der Waals surface area (Å²) >= 11 is 6.20. The number of anilines is 2. The summed E-state index contributed by atoms with van der Waals surface area (Å²) in [6, 6.07) is 18.3. The average Bonchev–Trinajstić information content (AvgIpc) is 3.04. The number of benzene rings is 3. The van der Waals surface area contributed by atoms with Gasteiger partial charge in [0.2, 0.25) is 0 Å². The summed E-state index contributed by atoms with van der Waals surface area (Å²) in [5.41, 5.74) is 1.98. The van der Waals surface area contributed by atoms with Crippen molar-refractivity contribution >= 4 is 40.8 Å². The number of rotatable bonds is 6. The molecule has 8 heteroatoms. The van der Waals surface area contributed by atoms with Crippen LogP contribution in [-0.2, 0) is 16.0 Å². The molecule has 0 saturated carbocycles. The standard InChI is InChI=1S/C25H18ClFN2O4/c1-2-15-5-3-4-6-20(15)29-23(30)21(26)22(24(29)31)28-18-11-7-16(8-12-18)25(32)33-19-13-9-17(27)10-14-19/h3-14,28H,2H2,1H3. The summed E-state index contributed by atoms with van der Waals surface area (Å²) in [7, 11) is 0. The van der Waals surface area contributed by atoms with E-state index in [9.17, 15) is 18.8 Å². The highest BCUT2D eigenvalue weighted by atomic mass is 35.5. The summed E-state index contributed by atoms with van der Waals surface area (Å²) < 4.78 is 18.2. The third-order valence-electron chi connectivity index (χ3n) is 5.05. The van der Waals surface area contributed by atoms with Gasteiger partial charge in [0.1, 0.15) is 22.3 Å². The quantitative estimate of drug-likeness (QED) is 0.314. The molecule has 33 heavy (non-hydrogen) atoms. The normalized spacial score (nSPS) is 13.5. The minimum Gasteiger partial charge on any atom is -0.423 e. The Morgan fingerprint density at radius 2 is 1.64 bits per heavy atom. The van der Waals surface area contributed by atoms with Crippen LogP contribution < -0.4 is 15.0 Å². The number of hydrogen-bond acceptors (Lipinski definition) is 5. The minimum atomic E-state index is -0.625. The highest BCUT2D eigenvalue weighted by molar-refractivity contribution is 6.53. The second-order valence-corrected chi connectivity index (χ2v) is 7.54. The van der Waals surface area contributed by atoms with Crippen LogP contribution in [-0.4, -0.2) is 17.8 Å². The zero-order valence-corrected chi connectivity index (χ0v) is 18.2. The summed E-state index contributed by atoms with van der Waals surface area (Å²) in [5, 5.41) is 2.66. The predicted octanol–water partition coefficient (Wildman–Crippen LogP) is 5.04. The Kier molecular flexibility index (Phi) is 6.24. The molecule has 4 rings (SSSR count). The van der Waals surface area contributed by atoms with E-state index in [-0.39, 0.29) is 22.0 Å². The van der Waals surface area contributed by atoms with Gasteiger partial charge in [0.25, 0.3) is 11.8 Å². The molecule has 0 aromatic heterocycles. The number of halogens is 2. The van der Waals surface area contributed by atoms with Gasteiger partial charge in [-0.2, -0.15) is 0 Å². The van der Waals surface area contributed by atoms with Gasteiger partial charge in [-0.15, -0.1) is 0 Å². The van der Waals surface area contributed by atoms with Crippen molar-refractivity contribution in [1.29, 1.82) is 0 Å². The first kappa shape index (κ1) is 22.2. The molecule has 2 amide bonds. The summed E-state index contributed by atoms with van der Waals surface area (Å²) in [4.78, 5) is 39.1. The molecule has 0 bridgehead atoms. The SMILES string of the molecule is CCc1ccccc1N1C(=O)C(Cl)=C(Nc2ccc(C(=O)Oc3ccc(F)cc3)cc2)C1=O. The fourth-order valence-electron chi connectivity index (χ4n) is 3.36. The lowest BCUT2D eigenvalue weighted by atomic mass is 10.1. The Bertz CT molecular complexity index is 1270. The van der Waals surface area contributed by atoms with Crippen molar-refractivity contribution in [3.63, 3.8) is 0 Å². The van der Waals surface area contributed by atoms with Gasteiger partial charge in [0.05, 0.1) is 11.3 Å². The molecule has 166 valence electrons. The van der Waals surface area contributed by atoms with E-state index in [1.807, 2.05) is 19.1 Å². The maximum atomic E-state index is 13.0. The zero-order valence-electron chi connectivity index (χ0n) is 17.5. The summed E-state index contributed by atoms with van der Waals surface area (Å²) in [5.74, 6) is -2.02. The number of carbonyl (C=O) groups excluding carboxylic acids is 3. The highest BCUT2D eigenvalue weighted by Crippen LogP contribution is 2.32. The number of para-hydroxylation sites is 1. The van der Waals surface area contributed by atoms with E-state index >= 15 is 0 Å². The summed E-state index contributed by atoms with van der Waals surface area (Å²) in [6.45, 7) is 1.93. The molecule has 0 radical (unpaired) electrons. The van der Waals surface area contributed by atoms with Crippen LogP contribution >= 0.6 is 11.6 Å². The van der Waals surface area contributed by atoms with Crippen LogP contribution in [0.1, 0.15) is 22.8 Å². The van der Waals surface area contributed by atoms with Crippen molar-refractivity contribution in [3.05, 3.63) is 100 Å². The average molecular weight is 465 g/mol. The van der Waals surface area contributed by atoms with Crippen molar-refractivity contribution in [3.8, 4) is 5.75 Å². The molecule has 6 nitrogen and oxygen atoms in total. The molecule has 1 heterocycles. The van der Waals surface area contributed by atoms with Crippen LogP contribution in [0.4, 0.5) is 15.8 Å². The molecule has 0 spiro atoms. The lowest BCUT2D eigenvalue weighted by molar-refractivity contribution is -0.120. The van der Waals surface area contributed by atoms with E-state index in [4.69, 9.17) is 16.3 Å². The van der Waals surface area contributed by atoms with Gasteiger partial charge < -0.3 is 10.1 Å². The van der Waals surface area contributed by atoms with Crippen LogP contribution in [0.25, 0.3) is 0 Å². The first-order chi connectivity index (χ1) is 15.9. The van der Waals surface area contributed by atoms with Crippen molar-refractivity contribution in [2.75, 3.05) is 10.2 Å². The van der Waals surface area contributed by atoms with Crippen molar-refractivity contribution in [2.24, 2.45) is 0 Å². The van der Waals surface area contributed by atoms with Crippen molar-refractivity contribution in [1.82, 2.24) is 0 Å². The van der Waals surface area contributed by atoms with Crippen LogP contribution in [0.15, 0.2) is 83.5 Å². The number of nitrogens with one attached hydrogen (secondary N) is 1. The molecule has 1 aliphatic rings. The van der Waals surface area contributed by atoms with Gasteiger partial charge in [0, 0.05) is 5.69 Å². The second kappa shape index (κ2) is 9.26. The molecule has 0 aliphatic carbocycles. The third kappa shape index (κ3) is 4.49. The van der Waals surface area contributed by atoms with Gasteiger partial charge in [-0.25, -0.2) is 14.1 Å². The fourth-order valence-corrected chi connectivity index (χ4v) is 3.57. The van der Waals surface area contributed by atoms with Crippen LogP contribution in [0.2, 0.25) is 0 Å². The number of ether oxygens (including phenoxy) is 1. The molecule has 0 fully saturated rings. The molecule has 3 aromatic carbocycles. The van der Waals surface area contributed by atoms with Gasteiger partial charge in [-0.3, -0.25) is 9.59 Å². The zero-order chi connectivity index (χ0) is 23.5. The number of imide groups is 1. The third-order valence-corrected chi connectivity index (χ3v) is 5.41. The smallest absolute Gasteiger partial charge is 0.343 e. The second-order valence-electron chi connectivity index (χ2n) is 7.16. The molecule has 1 N–H and O–H groups in total. The molecule has 0 unspecified atom stereocenters. The first-order valence-corrected chi connectivity index (χ1v) is 10.5. The Hall–Kier alpha value is -3.97. The lowest BCUT2D eigenvalue weighted by Gasteiger charge is -2.18. The molecule has 0 atom stereocenters. The molecule has 3 aromatic rings. The lowest BCUT2D eigenvalue weighted by Crippen LogP contribution is -2.33. The Morgan fingerprint density at radius 3 is 2.30 bits per heavy atom. The van der Waals surface area contributed by atoms with Crippen molar-refractivity contribution in [2.45, 2.75) is 13.3 Å². The molecule has 0 saturated heterocycles. The Labute approximate surface area is 194 Å². The molecular formula is C25H18ClFN2O4. The number of esters is 1. The van der Waals surface area contributed by atoms with Crippen molar-refractivity contribution < 1.29 is 23.5 Å². The molecule has 1 aliphatic heterocycles. The van der Waals surface area contributed by atoms with E-state index in [2.05, 4.69) is 5.32 Å².